The van der Waals surface area contributed by atoms with E-state index < -0.39 is 6.09 Å². The first-order valence-corrected chi connectivity index (χ1v) is 6.65. The maximum atomic E-state index is 11.6. The van der Waals surface area contributed by atoms with E-state index in [1.165, 1.54) is 12.8 Å². The molecule has 1 aromatic rings. The summed E-state index contributed by atoms with van der Waals surface area (Å²) in [5.41, 5.74) is 6.91. The third-order valence-electron chi connectivity index (χ3n) is 3.49. The Bertz CT molecular complexity index is 436. The van der Waals surface area contributed by atoms with Crippen molar-refractivity contribution in [1.29, 1.82) is 0 Å². The van der Waals surface area contributed by atoms with E-state index in [2.05, 4.69) is 17.3 Å². The van der Waals surface area contributed by atoms with Crippen molar-refractivity contribution in [2.24, 2.45) is 0 Å². The van der Waals surface area contributed by atoms with E-state index in [1.54, 1.807) is 24.3 Å². The number of carbonyl (C=O) groups is 1. The van der Waals surface area contributed by atoms with Crippen molar-refractivity contribution in [3.05, 3.63) is 24.3 Å². The molecule has 0 saturated carbocycles. The zero-order valence-electron chi connectivity index (χ0n) is 11.3. The summed E-state index contributed by atoms with van der Waals surface area (Å²) >= 11 is 0. The smallest absolute Gasteiger partial charge is 0.411 e. The monoisotopic (exact) mass is 263 g/mol. The Kier molecular flexibility index (Phi) is 4.63. The van der Waals surface area contributed by atoms with Crippen LogP contribution < -0.4 is 11.1 Å². The molecule has 0 bridgehead atoms. The van der Waals surface area contributed by atoms with Crippen molar-refractivity contribution in [2.45, 2.75) is 25.3 Å². The van der Waals surface area contributed by atoms with Crippen LogP contribution in [0.4, 0.5) is 16.2 Å². The second-order valence-corrected chi connectivity index (χ2v) is 4.95. The Hall–Kier alpha value is -1.75. The molecule has 0 spiro atoms. The standard InChI is InChI=1S/C14H21N3O2/c1-17-8-3-6-13(17)7-9-19-14(18)16-12-5-2-4-11(15)10-12/h2,4-5,10,13H,3,6-9,15H2,1H3,(H,16,18). The van der Waals surface area contributed by atoms with Crippen molar-refractivity contribution in [1.82, 2.24) is 4.90 Å². The molecule has 0 aliphatic carbocycles. The molecule has 1 aromatic carbocycles. The molecule has 1 aliphatic rings. The van der Waals surface area contributed by atoms with Gasteiger partial charge in [0.15, 0.2) is 0 Å². The number of nitrogens with one attached hydrogen (secondary N) is 1. The summed E-state index contributed by atoms with van der Waals surface area (Å²) in [6.07, 6.45) is 2.89. The summed E-state index contributed by atoms with van der Waals surface area (Å²) in [6.45, 7) is 1.59. The van der Waals surface area contributed by atoms with Gasteiger partial charge in [0, 0.05) is 17.4 Å². The van der Waals surface area contributed by atoms with E-state index >= 15 is 0 Å². The fourth-order valence-electron chi connectivity index (χ4n) is 2.40. The van der Waals surface area contributed by atoms with Gasteiger partial charge in [-0.1, -0.05) is 6.07 Å². The number of nitrogens with two attached hydrogens (primary N) is 1. The van der Waals surface area contributed by atoms with E-state index in [0.29, 0.717) is 24.0 Å². The van der Waals surface area contributed by atoms with Crippen LogP contribution in [0.25, 0.3) is 0 Å². The average Bonchev–Trinajstić information content (AvgIpc) is 2.75. The first-order valence-electron chi connectivity index (χ1n) is 6.65. The van der Waals surface area contributed by atoms with Crippen LogP contribution in [-0.4, -0.2) is 37.2 Å². The fraction of sp³-hybridized carbons (Fsp3) is 0.500. The molecule has 0 radical (unpaired) electrons. The molecule has 0 aromatic heterocycles. The molecular formula is C14H21N3O2. The quantitative estimate of drug-likeness (QED) is 0.818. The summed E-state index contributed by atoms with van der Waals surface area (Å²) < 4.78 is 5.18. The van der Waals surface area contributed by atoms with Crippen molar-refractivity contribution < 1.29 is 9.53 Å². The third-order valence-corrected chi connectivity index (χ3v) is 3.49. The molecule has 5 nitrogen and oxygen atoms in total. The van der Waals surface area contributed by atoms with Crippen molar-refractivity contribution in [3.8, 4) is 0 Å². The summed E-state index contributed by atoms with van der Waals surface area (Å²) in [6, 6.07) is 7.58. The van der Waals surface area contributed by atoms with Crippen molar-refractivity contribution >= 4 is 17.5 Å². The highest BCUT2D eigenvalue weighted by atomic mass is 16.5. The lowest BCUT2D eigenvalue weighted by molar-refractivity contribution is 0.147. The van der Waals surface area contributed by atoms with Crippen LogP contribution in [0.15, 0.2) is 24.3 Å². The Balaban J connectivity index is 1.70. The largest absolute Gasteiger partial charge is 0.449 e. The molecule has 5 heteroatoms. The van der Waals surface area contributed by atoms with Gasteiger partial charge in [0.1, 0.15) is 0 Å². The molecule has 1 fully saturated rings. The molecule has 1 atom stereocenters. The van der Waals surface area contributed by atoms with Gasteiger partial charge < -0.3 is 15.4 Å². The number of anilines is 2. The zero-order chi connectivity index (χ0) is 13.7. The highest BCUT2D eigenvalue weighted by Gasteiger charge is 2.20. The van der Waals surface area contributed by atoms with Gasteiger partial charge in [-0.25, -0.2) is 4.79 Å². The normalized spacial score (nSPS) is 19.3. The van der Waals surface area contributed by atoms with Crippen molar-refractivity contribution in [3.63, 3.8) is 0 Å². The summed E-state index contributed by atoms with van der Waals surface area (Å²) in [7, 11) is 2.12. The van der Waals surface area contributed by atoms with E-state index in [0.717, 1.165) is 13.0 Å². The molecule has 1 amide bonds. The van der Waals surface area contributed by atoms with Gasteiger partial charge in [0.25, 0.3) is 0 Å². The summed E-state index contributed by atoms with van der Waals surface area (Å²) in [4.78, 5) is 13.9. The lowest BCUT2D eigenvalue weighted by Crippen LogP contribution is -2.27. The third kappa shape index (κ3) is 4.13. The minimum Gasteiger partial charge on any atom is -0.449 e. The highest BCUT2D eigenvalue weighted by Crippen LogP contribution is 2.17. The van der Waals surface area contributed by atoms with Crippen LogP contribution in [-0.2, 0) is 4.74 Å². The molecule has 19 heavy (non-hydrogen) atoms. The van der Waals surface area contributed by atoms with E-state index in [9.17, 15) is 4.79 Å². The number of carbonyl (C=O) groups excluding carboxylic acids is 1. The predicted octanol–water partition coefficient (Wildman–Crippen LogP) is 2.30. The lowest BCUT2D eigenvalue weighted by Gasteiger charge is -2.18. The van der Waals surface area contributed by atoms with Crippen LogP contribution in [0.3, 0.4) is 0 Å². The second-order valence-electron chi connectivity index (χ2n) is 4.95. The number of benzene rings is 1. The topological polar surface area (TPSA) is 67.6 Å². The van der Waals surface area contributed by atoms with E-state index in [-0.39, 0.29) is 0 Å². The molecule has 1 heterocycles. The number of amides is 1. The van der Waals surface area contributed by atoms with Gasteiger partial charge >= 0.3 is 6.09 Å². The maximum Gasteiger partial charge on any atom is 0.411 e. The van der Waals surface area contributed by atoms with E-state index in [1.807, 2.05) is 0 Å². The second kappa shape index (κ2) is 6.43. The minimum absolute atomic E-state index is 0.425. The first kappa shape index (κ1) is 13.7. The number of hydrogen-bond donors (Lipinski definition) is 2. The Morgan fingerprint density at radius 2 is 2.42 bits per heavy atom. The van der Waals surface area contributed by atoms with Crippen molar-refractivity contribution in [2.75, 3.05) is 31.2 Å². The number of likely N-dealkylation sites (tertiary alicyclic amines) is 1. The van der Waals surface area contributed by atoms with Crippen LogP contribution in [0.2, 0.25) is 0 Å². The number of nitrogens with zero attached hydrogens (tertiary/aromatic N) is 1. The molecule has 2 rings (SSSR count). The van der Waals surface area contributed by atoms with Gasteiger partial charge in [-0.2, -0.15) is 0 Å². The van der Waals surface area contributed by atoms with Gasteiger partial charge in [0.2, 0.25) is 0 Å². The van der Waals surface area contributed by atoms with Gasteiger partial charge in [-0.15, -0.1) is 0 Å². The number of rotatable bonds is 4. The zero-order valence-corrected chi connectivity index (χ0v) is 11.3. The van der Waals surface area contributed by atoms with Gasteiger partial charge in [-0.05, 0) is 51.1 Å². The van der Waals surface area contributed by atoms with Crippen LogP contribution in [0.1, 0.15) is 19.3 Å². The molecular weight excluding hydrogens is 242 g/mol. The van der Waals surface area contributed by atoms with Crippen LogP contribution in [0, 0.1) is 0 Å². The van der Waals surface area contributed by atoms with Crippen LogP contribution >= 0.6 is 0 Å². The lowest BCUT2D eigenvalue weighted by atomic mass is 10.2. The molecule has 104 valence electrons. The number of ether oxygens (including phenoxy) is 1. The fourth-order valence-corrected chi connectivity index (χ4v) is 2.40. The van der Waals surface area contributed by atoms with Gasteiger partial charge in [0.05, 0.1) is 6.61 Å². The summed E-state index contributed by atoms with van der Waals surface area (Å²) in [5, 5.41) is 2.66. The Morgan fingerprint density at radius 1 is 1.58 bits per heavy atom. The average molecular weight is 263 g/mol. The SMILES string of the molecule is CN1CCCC1CCOC(=O)Nc1cccc(N)c1. The Morgan fingerprint density at radius 3 is 3.11 bits per heavy atom. The van der Waals surface area contributed by atoms with E-state index in [4.69, 9.17) is 10.5 Å². The maximum absolute atomic E-state index is 11.6. The predicted molar refractivity (Wildman–Crippen MR) is 76.1 cm³/mol. The molecule has 3 N–H and O–H groups in total. The summed E-state index contributed by atoms with van der Waals surface area (Å²) in [5.74, 6) is 0. The Labute approximate surface area is 113 Å². The molecule has 1 aliphatic heterocycles. The molecule has 1 unspecified atom stereocenters. The number of hydrogen-bond acceptors (Lipinski definition) is 4. The molecule has 1 saturated heterocycles. The first-order chi connectivity index (χ1) is 9.15. The van der Waals surface area contributed by atoms with Crippen LogP contribution in [0.5, 0.6) is 0 Å². The van der Waals surface area contributed by atoms with Gasteiger partial charge in [-0.3, -0.25) is 5.32 Å². The highest BCUT2D eigenvalue weighted by molar-refractivity contribution is 5.85. The number of nitrogen functional groups attached to an aromatic ring is 1. The minimum atomic E-state index is -0.425.